The zero-order chi connectivity index (χ0) is 29.6. The fourth-order valence-electron chi connectivity index (χ4n) is 4.60. The summed E-state index contributed by atoms with van der Waals surface area (Å²) in [5.74, 6) is -3.16. The molecular formula is C26H48N4O7Si. The molecule has 1 heterocycles. The summed E-state index contributed by atoms with van der Waals surface area (Å²) in [5.41, 5.74) is 0. The smallest absolute Gasteiger partial charge is 0.322 e. The number of carbonyl (C=O) groups is 5. The van der Waals surface area contributed by atoms with Crippen molar-refractivity contribution in [2.45, 2.75) is 117 Å². The van der Waals surface area contributed by atoms with E-state index in [1.54, 1.807) is 18.4 Å². The highest BCUT2D eigenvalue weighted by molar-refractivity contribution is 6.79. The van der Waals surface area contributed by atoms with Crippen LogP contribution in [0.15, 0.2) is 0 Å². The van der Waals surface area contributed by atoms with Gasteiger partial charge in [0.1, 0.15) is 24.7 Å². The highest BCUT2D eigenvalue weighted by Gasteiger charge is 2.49. The third-order valence-corrected chi connectivity index (χ3v) is 13.5. The number of amides is 4. The van der Waals surface area contributed by atoms with E-state index >= 15 is 0 Å². The Morgan fingerprint density at radius 1 is 1.11 bits per heavy atom. The second-order valence-electron chi connectivity index (χ2n) is 12.0. The lowest BCUT2D eigenvalue weighted by Gasteiger charge is -2.49. The van der Waals surface area contributed by atoms with Crippen LogP contribution in [-0.4, -0.2) is 94.8 Å². The number of aliphatic carboxylic acids is 1. The van der Waals surface area contributed by atoms with E-state index in [0.29, 0.717) is 25.8 Å². The largest absolute Gasteiger partial charge is 0.480 e. The summed E-state index contributed by atoms with van der Waals surface area (Å²) in [6.45, 7) is 16.8. The minimum atomic E-state index is -2.55. The number of nitrogens with one attached hydrogen (secondary N) is 2. The third-order valence-electron chi connectivity index (χ3n) is 7.97. The van der Waals surface area contributed by atoms with E-state index in [9.17, 15) is 29.1 Å². The SMILES string of the molecule is CCC(C)C(NC(=O)[C@@H]1CCCN1C(=O)C(C)N(C(=O)CC(C)O)[Si](C)(C)C(C)(C)C)C(=O)NCC(=O)O. The van der Waals surface area contributed by atoms with Crippen molar-refractivity contribution >= 4 is 37.8 Å². The van der Waals surface area contributed by atoms with E-state index in [-0.39, 0.29) is 29.2 Å². The number of rotatable bonds is 12. The molecule has 218 valence electrons. The lowest BCUT2D eigenvalue weighted by atomic mass is 9.97. The van der Waals surface area contributed by atoms with Gasteiger partial charge in [0.15, 0.2) is 8.24 Å². The zero-order valence-electron chi connectivity index (χ0n) is 24.5. The molecular weight excluding hydrogens is 508 g/mol. The van der Waals surface area contributed by atoms with Gasteiger partial charge in [-0.3, -0.25) is 24.0 Å². The van der Waals surface area contributed by atoms with E-state index in [0.717, 1.165) is 0 Å². The summed E-state index contributed by atoms with van der Waals surface area (Å²) < 4.78 is 1.66. The van der Waals surface area contributed by atoms with Crippen LogP contribution in [0.4, 0.5) is 0 Å². The molecule has 4 N–H and O–H groups in total. The first-order valence-corrected chi connectivity index (χ1v) is 16.4. The molecule has 0 aromatic rings. The van der Waals surface area contributed by atoms with Gasteiger partial charge in [-0.2, -0.15) is 0 Å². The van der Waals surface area contributed by atoms with Crippen LogP contribution in [0, 0.1) is 5.92 Å². The van der Waals surface area contributed by atoms with E-state index in [1.807, 2.05) is 40.8 Å². The van der Waals surface area contributed by atoms with Gasteiger partial charge in [-0.05, 0) is 37.6 Å². The van der Waals surface area contributed by atoms with Crippen molar-refractivity contribution in [1.82, 2.24) is 20.1 Å². The monoisotopic (exact) mass is 556 g/mol. The van der Waals surface area contributed by atoms with Crippen LogP contribution in [0.1, 0.15) is 74.1 Å². The number of aliphatic hydroxyl groups excluding tert-OH is 1. The second-order valence-corrected chi connectivity index (χ2v) is 17.1. The van der Waals surface area contributed by atoms with Crippen molar-refractivity contribution in [3.05, 3.63) is 0 Å². The number of hydrogen-bond donors (Lipinski definition) is 4. The Kier molecular flexibility index (Phi) is 12.0. The summed E-state index contributed by atoms with van der Waals surface area (Å²) in [5, 5.41) is 23.6. The fourth-order valence-corrected chi connectivity index (χ4v) is 7.12. The first-order valence-electron chi connectivity index (χ1n) is 13.5. The molecule has 0 radical (unpaired) electrons. The number of carboxylic acids is 1. The van der Waals surface area contributed by atoms with E-state index in [4.69, 9.17) is 5.11 Å². The molecule has 4 amide bonds. The fraction of sp³-hybridized carbons (Fsp3) is 0.808. The van der Waals surface area contributed by atoms with E-state index in [1.165, 1.54) is 11.8 Å². The van der Waals surface area contributed by atoms with Crippen LogP contribution < -0.4 is 10.6 Å². The number of carboxylic acid groups (broad SMARTS) is 1. The predicted molar refractivity (Wildman–Crippen MR) is 147 cm³/mol. The Bertz CT molecular complexity index is 887. The molecule has 1 fully saturated rings. The molecule has 38 heavy (non-hydrogen) atoms. The zero-order valence-corrected chi connectivity index (χ0v) is 25.5. The summed E-state index contributed by atoms with van der Waals surface area (Å²) in [7, 11) is -2.55. The third kappa shape index (κ3) is 8.26. The van der Waals surface area contributed by atoms with Crippen LogP contribution >= 0.6 is 0 Å². The van der Waals surface area contributed by atoms with Crippen molar-refractivity contribution in [3.8, 4) is 0 Å². The highest BCUT2D eigenvalue weighted by Crippen LogP contribution is 2.40. The van der Waals surface area contributed by atoms with Crippen LogP contribution in [-0.2, 0) is 24.0 Å². The van der Waals surface area contributed by atoms with Crippen molar-refractivity contribution in [1.29, 1.82) is 0 Å². The maximum Gasteiger partial charge on any atom is 0.322 e. The van der Waals surface area contributed by atoms with Crippen LogP contribution in [0.3, 0.4) is 0 Å². The van der Waals surface area contributed by atoms with Crippen molar-refractivity contribution in [3.63, 3.8) is 0 Å². The second kappa shape index (κ2) is 13.5. The molecule has 0 aromatic heterocycles. The first kappa shape index (κ1) is 33.6. The first-order chi connectivity index (χ1) is 17.4. The van der Waals surface area contributed by atoms with Gasteiger partial charge in [0.25, 0.3) is 0 Å². The van der Waals surface area contributed by atoms with Gasteiger partial charge in [-0.1, -0.05) is 54.1 Å². The molecule has 0 spiro atoms. The summed E-state index contributed by atoms with van der Waals surface area (Å²) >= 11 is 0. The lowest BCUT2D eigenvalue weighted by molar-refractivity contribution is -0.145. The predicted octanol–water partition coefficient (Wildman–Crippen LogP) is 1.70. The Morgan fingerprint density at radius 3 is 2.16 bits per heavy atom. The average Bonchev–Trinajstić information content (AvgIpc) is 3.28. The molecule has 1 rings (SSSR count). The number of aliphatic hydroxyl groups is 1. The quantitative estimate of drug-likeness (QED) is 0.267. The molecule has 4 unspecified atom stereocenters. The number of nitrogens with zero attached hydrogens (tertiary/aromatic N) is 2. The average molecular weight is 557 g/mol. The molecule has 0 aromatic carbocycles. The van der Waals surface area contributed by atoms with Gasteiger partial charge in [-0.25, -0.2) is 0 Å². The molecule has 5 atom stereocenters. The maximum absolute atomic E-state index is 13.8. The molecule has 1 aliphatic heterocycles. The Morgan fingerprint density at radius 2 is 1.68 bits per heavy atom. The molecule has 0 bridgehead atoms. The van der Waals surface area contributed by atoms with Gasteiger partial charge in [0, 0.05) is 6.54 Å². The van der Waals surface area contributed by atoms with Crippen LogP contribution in [0.5, 0.6) is 0 Å². The number of likely N-dealkylation sites (tertiary alicyclic amines) is 1. The summed E-state index contributed by atoms with van der Waals surface area (Å²) in [4.78, 5) is 65.5. The van der Waals surface area contributed by atoms with Gasteiger partial charge in [0.2, 0.25) is 23.6 Å². The van der Waals surface area contributed by atoms with Gasteiger partial charge in [0.05, 0.1) is 12.5 Å². The van der Waals surface area contributed by atoms with Gasteiger partial charge < -0.3 is 30.3 Å². The van der Waals surface area contributed by atoms with Gasteiger partial charge in [-0.15, -0.1) is 0 Å². The normalized spacial score (nSPS) is 19.2. The lowest BCUT2D eigenvalue weighted by Crippen LogP contribution is -2.65. The standard InChI is InChI=1S/C26H48N4O7Si/c1-10-16(2)22(24(36)27-15-21(33)34)28-23(35)19-12-11-13-29(19)25(37)18(4)30(20(32)14-17(3)31)38(8,9)26(5,6)7/h16-19,22,31H,10-15H2,1-9H3,(H,27,36)(H,28,35)(H,33,34)/t16?,17?,18?,19-,22?/m0/s1. The van der Waals surface area contributed by atoms with Crippen molar-refractivity contribution in [2.75, 3.05) is 13.1 Å². The number of hydrogen-bond acceptors (Lipinski definition) is 6. The van der Waals surface area contributed by atoms with Gasteiger partial charge >= 0.3 is 5.97 Å². The van der Waals surface area contributed by atoms with Crippen LogP contribution in [0.2, 0.25) is 18.1 Å². The maximum atomic E-state index is 13.8. The summed E-state index contributed by atoms with van der Waals surface area (Å²) in [6, 6.07) is -2.59. The molecule has 11 nitrogen and oxygen atoms in total. The molecule has 0 aliphatic carbocycles. The Hall–Kier alpha value is -2.47. The van der Waals surface area contributed by atoms with Crippen LogP contribution in [0.25, 0.3) is 0 Å². The minimum absolute atomic E-state index is 0.101. The topological polar surface area (TPSA) is 156 Å². The molecule has 1 saturated heterocycles. The molecule has 12 heteroatoms. The molecule has 1 aliphatic rings. The highest BCUT2D eigenvalue weighted by atomic mass is 28.3. The van der Waals surface area contributed by atoms with E-state index in [2.05, 4.69) is 10.6 Å². The summed E-state index contributed by atoms with van der Waals surface area (Å²) in [6.07, 6.45) is 0.624. The van der Waals surface area contributed by atoms with Crippen molar-refractivity contribution < 1.29 is 34.2 Å². The van der Waals surface area contributed by atoms with E-state index < -0.39 is 56.8 Å². The van der Waals surface area contributed by atoms with Crippen molar-refractivity contribution in [2.24, 2.45) is 5.92 Å². The molecule has 0 saturated carbocycles. The number of carbonyl (C=O) groups excluding carboxylic acids is 4. The Labute approximate surface area is 227 Å². The minimum Gasteiger partial charge on any atom is -0.480 e. The Balaban J connectivity index is 3.22.